The molecule has 1 aliphatic rings. The van der Waals surface area contributed by atoms with Crippen molar-refractivity contribution in [1.29, 1.82) is 0 Å². The topological polar surface area (TPSA) is 66.8 Å². The minimum atomic E-state index is -0.816. The molecule has 0 spiro atoms. The first kappa shape index (κ1) is 9.80. The number of rotatable bonds is 2. The normalized spacial score (nSPS) is 26.8. The molecule has 1 rings (SSSR count). The van der Waals surface area contributed by atoms with E-state index in [0.717, 1.165) is 0 Å². The summed E-state index contributed by atoms with van der Waals surface area (Å²) in [7, 11) is 1.27. The van der Waals surface area contributed by atoms with Crippen LogP contribution in [0.3, 0.4) is 0 Å². The van der Waals surface area contributed by atoms with Crippen LogP contribution in [0.1, 0.15) is 6.42 Å². The van der Waals surface area contributed by atoms with Crippen LogP contribution in [0.15, 0.2) is 24.0 Å². The summed E-state index contributed by atoms with van der Waals surface area (Å²) in [6.45, 7) is 0. The van der Waals surface area contributed by atoms with E-state index >= 15 is 0 Å². The van der Waals surface area contributed by atoms with Gasteiger partial charge in [0.2, 0.25) is 0 Å². The van der Waals surface area contributed by atoms with E-state index in [1.54, 1.807) is 6.08 Å². The maximum Gasteiger partial charge on any atom is 0.306 e. The van der Waals surface area contributed by atoms with Crippen molar-refractivity contribution in [2.45, 2.75) is 12.5 Å². The van der Waals surface area contributed by atoms with Crippen molar-refractivity contribution >= 4 is 5.97 Å². The summed E-state index contributed by atoms with van der Waals surface area (Å²) in [6, 6.07) is 0. The van der Waals surface area contributed by atoms with Gasteiger partial charge in [0, 0.05) is 0 Å². The molecular weight excluding hydrogens is 172 g/mol. The molecule has 0 radical (unpaired) electrons. The van der Waals surface area contributed by atoms with Gasteiger partial charge in [0.25, 0.3) is 0 Å². The van der Waals surface area contributed by atoms with Gasteiger partial charge in [-0.25, -0.2) is 0 Å². The summed E-state index contributed by atoms with van der Waals surface area (Å²) in [6.07, 6.45) is 3.70. The van der Waals surface area contributed by atoms with Gasteiger partial charge in [0.1, 0.15) is 0 Å². The average molecular weight is 184 g/mol. The molecule has 0 saturated heterocycles. The van der Waals surface area contributed by atoms with Crippen LogP contribution in [0.5, 0.6) is 0 Å². The molecule has 0 saturated carbocycles. The first-order chi connectivity index (χ1) is 6.15. The maximum absolute atomic E-state index is 10.9. The number of hydrogen-bond acceptors (Lipinski definition) is 4. The SMILES string of the molecule is COC(=O)CC1C(O)=CC=CC1O. The van der Waals surface area contributed by atoms with Crippen LogP contribution >= 0.6 is 0 Å². The van der Waals surface area contributed by atoms with Crippen molar-refractivity contribution < 1.29 is 19.7 Å². The van der Waals surface area contributed by atoms with E-state index < -0.39 is 18.0 Å². The van der Waals surface area contributed by atoms with Crippen molar-refractivity contribution in [3.8, 4) is 0 Å². The number of hydrogen-bond donors (Lipinski definition) is 2. The summed E-state index contributed by atoms with van der Waals surface area (Å²) in [5.74, 6) is -1.00. The summed E-state index contributed by atoms with van der Waals surface area (Å²) < 4.78 is 4.44. The standard InChI is InChI=1S/C9H12O4/c1-13-9(12)5-6-7(10)3-2-4-8(6)11/h2-4,6-7,10-11H,5H2,1H3. The highest BCUT2D eigenvalue weighted by atomic mass is 16.5. The number of methoxy groups -OCH3 is 1. The van der Waals surface area contributed by atoms with Crippen LogP contribution < -0.4 is 0 Å². The Morgan fingerprint density at radius 1 is 1.69 bits per heavy atom. The number of esters is 1. The first-order valence-corrected chi connectivity index (χ1v) is 3.97. The zero-order chi connectivity index (χ0) is 9.84. The van der Waals surface area contributed by atoms with E-state index in [-0.39, 0.29) is 12.2 Å². The second-order valence-electron chi connectivity index (χ2n) is 2.85. The molecule has 0 aromatic rings. The molecule has 0 amide bonds. The van der Waals surface area contributed by atoms with Gasteiger partial charge in [0.15, 0.2) is 0 Å². The Morgan fingerprint density at radius 3 is 2.92 bits per heavy atom. The first-order valence-electron chi connectivity index (χ1n) is 3.97. The fourth-order valence-electron chi connectivity index (χ4n) is 1.19. The molecule has 0 aromatic heterocycles. The van der Waals surface area contributed by atoms with Gasteiger partial charge in [-0.3, -0.25) is 4.79 Å². The predicted octanol–water partition coefficient (Wildman–Crippen LogP) is 0.538. The molecule has 1 aliphatic carbocycles. The summed E-state index contributed by atoms with van der Waals surface area (Å²) in [4.78, 5) is 10.9. The van der Waals surface area contributed by atoms with Crippen LogP contribution in [0.25, 0.3) is 0 Å². The van der Waals surface area contributed by atoms with Crippen LogP contribution in [-0.2, 0) is 9.53 Å². The number of ether oxygens (including phenoxy) is 1. The monoisotopic (exact) mass is 184 g/mol. The highest BCUT2D eigenvalue weighted by molar-refractivity contribution is 5.70. The third-order valence-corrected chi connectivity index (χ3v) is 1.98. The summed E-state index contributed by atoms with van der Waals surface area (Å²) in [5.41, 5.74) is 0. The van der Waals surface area contributed by atoms with E-state index in [0.29, 0.717) is 0 Å². The molecule has 0 fully saturated rings. The third-order valence-electron chi connectivity index (χ3n) is 1.98. The Bertz CT molecular complexity index is 254. The number of carbonyl (C=O) groups excluding carboxylic acids is 1. The largest absolute Gasteiger partial charge is 0.512 e. The van der Waals surface area contributed by atoms with Gasteiger partial charge in [-0.1, -0.05) is 12.2 Å². The lowest BCUT2D eigenvalue weighted by Gasteiger charge is -2.20. The molecule has 2 N–H and O–H groups in total. The Hall–Kier alpha value is -1.29. The summed E-state index contributed by atoms with van der Waals surface area (Å²) >= 11 is 0. The lowest BCUT2D eigenvalue weighted by molar-refractivity contribution is -0.142. The smallest absolute Gasteiger partial charge is 0.306 e. The van der Waals surface area contributed by atoms with E-state index in [2.05, 4.69) is 4.74 Å². The number of aliphatic hydroxyl groups excluding tert-OH is 2. The Morgan fingerprint density at radius 2 is 2.38 bits per heavy atom. The lowest BCUT2D eigenvalue weighted by Crippen LogP contribution is -2.25. The third kappa shape index (κ3) is 2.32. The molecular formula is C9H12O4. The van der Waals surface area contributed by atoms with Crippen molar-refractivity contribution in [3.05, 3.63) is 24.0 Å². The zero-order valence-electron chi connectivity index (χ0n) is 7.30. The minimum Gasteiger partial charge on any atom is -0.512 e. The fraction of sp³-hybridized carbons (Fsp3) is 0.444. The molecule has 2 unspecified atom stereocenters. The zero-order valence-corrected chi connectivity index (χ0v) is 7.30. The fourth-order valence-corrected chi connectivity index (χ4v) is 1.19. The quantitative estimate of drug-likeness (QED) is 0.614. The minimum absolute atomic E-state index is 0.00958. The van der Waals surface area contributed by atoms with Gasteiger partial charge in [-0.15, -0.1) is 0 Å². The van der Waals surface area contributed by atoms with Crippen LogP contribution in [0.4, 0.5) is 0 Å². The highest BCUT2D eigenvalue weighted by Gasteiger charge is 2.26. The van der Waals surface area contributed by atoms with Crippen molar-refractivity contribution in [2.75, 3.05) is 7.11 Å². The Labute approximate surface area is 76.1 Å². The molecule has 0 aliphatic heterocycles. The van der Waals surface area contributed by atoms with E-state index in [4.69, 9.17) is 0 Å². The lowest BCUT2D eigenvalue weighted by atomic mass is 9.92. The van der Waals surface area contributed by atoms with Crippen LogP contribution in [0, 0.1) is 5.92 Å². The summed E-state index contributed by atoms with van der Waals surface area (Å²) in [5, 5.41) is 18.7. The second kappa shape index (κ2) is 4.09. The number of allylic oxidation sites excluding steroid dienone is 2. The van der Waals surface area contributed by atoms with Gasteiger partial charge in [-0.2, -0.15) is 0 Å². The molecule has 4 nitrogen and oxygen atoms in total. The van der Waals surface area contributed by atoms with Crippen molar-refractivity contribution in [1.82, 2.24) is 0 Å². The predicted molar refractivity (Wildman–Crippen MR) is 46.0 cm³/mol. The number of carbonyl (C=O) groups is 1. The van der Waals surface area contributed by atoms with Gasteiger partial charge in [0.05, 0.1) is 31.3 Å². The highest BCUT2D eigenvalue weighted by Crippen LogP contribution is 2.22. The molecule has 4 heteroatoms. The van der Waals surface area contributed by atoms with E-state index in [9.17, 15) is 15.0 Å². The van der Waals surface area contributed by atoms with E-state index in [1.165, 1.54) is 19.3 Å². The van der Waals surface area contributed by atoms with Gasteiger partial charge < -0.3 is 14.9 Å². The molecule has 0 heterocycles. The molecule has 72 valence electrons. The van der Waals surface area contributed by atoms with Crippen LogP contribution in [-0.4, -0.2) is 29.4 Å². The maximum atomic E-state index is 10.9. The van der Waals surface area contributed by atoms with Crippen LogP contribution in [0.2, 0.25) is 0 Å². The van der Waals surface area contributed by atoms with Gasteiger partial charge >= 0.3 is 5.97 Å². The Balaban J connectivity index is 2.63. The second-order valence-corrected chi connectivity index (χ2v) is 2.85. The van der Waals surface area contributed by atoms with E-state index in [1.807, 2.05) is 0 Å². The molecule has 0 bridgehead atoms. The van der Waals surface area contributed by atoms with Gasteiger partial charge in [-0.05, 0) is 6.08 Å². The molecule has 13 heavy (non-hydrogen) atoms. The molecule has 2 atom stereocenters. The Kier molecular flexibility index (Phi) is 3.08. The average Bonchev–Trinajstić information content (AvgIpc) is 2.11. The molecule has 0 aromatic carbocycles. The number of aliphatic hydroxyl groups is 2. The van der Waals surface area contributed by atoms with Crippen molar-refractivity contribution in [3.63, 3.8) is 0 Å². The van der Waals surface area contributed by atoms with Crippen molar-refractivity contribution in [2.24, 2.45) is 5.92 Å².